The lowest BCUT2D eigenvalue weighted by atomic mass is 10.0. The molecule has 4 heteroatoms. The molecule has 12 heavy (non-hydrogen) atoms. The highest BCUT2D eigenvalue weighted by atomic mass is 16.4. The molecule has 1 N–H and O–H groups in total. The lowest BCUT2D eigenvalue weighted by molar-refractivity contribution is -0.149. The summed E-state index contributed by atoms with van der Waals surface area (Å²) in [7, 11) is 0. The van der Waals surface area contributed by atoms with Gasteiger partial charge in [-0.05, 0) is 19.5 Å². The Kier molecular flexibility index (Phi) is 2.81. The average Bonchev–Trinajstić information content (AvgIpc) is 2.03. The van der Waals surface area contributed by atoms with Crippen molar-refractivity contribution in [3.8, 4) is 0 Å². The Balaban J connectivity index is 2.72. The van der Waals surface area contributed by atoms with Crippen molar-refractivity contribution in [1.82, 2.24) is 4.90 Å². The summed E-state index contributed by atoms with van der Waals surface area (Å²) in [5.74, 6) is -1.17. The molecule has 1 aliphatic rings. The Morgan fingerprint density at radius 1 is 1.75 bits per heavy atom. The average molecular weight is 171 g/mol. The first-order valence-corrected chi connectivity index (χ1v) is 4.16. The molecular weight excluding hydrogens is 158 g/mol. The van der Waals surface area contributed by atoms with Crippen LogP contribution in [0.1, 0.15) is 19.8 Å². The van der Waals surface area contributed by atoms with Gasteiger partial charge in [0.1, 0.15) is 0 Å². The molecule has 1 unspecified atom stereocenters. The molecule has 0 aromatic heterocycles. The van der Waals surface area contributed by atoms with Gasteiger partial charge in [0.05, 0.1) is 0 Å². The lowest BCUT2D eigenvalue weighted by Crippen LogP contribution is -2.50. The quantitative estimate of drug-likeness (QED) is 0.600. The molecule has 0 bridgehead atoms. The van der Waals surface area contributed by atoms with Gasteiger partial charge in [-0.15, -0.1) is 0 Å². The number of likely N-dealkylation sites (N-methyl/N-ethyl adjacent to an activating group) is 1. The summed E-state index contributed by atoms with van der Waals surface area (Å²) >= 11 is 0. The van der Waals surface area contributed by atoms with E-state index in [0.29, 0.717) is 13.0 Å². The van der Waals surface area contributed by atoms with E-state index in [9.17, 15) is 9.59 Å². The van der Waals surface area contributed by atoms with Crippen molar-refractivity contribution in [3.05, 3.63) is 0 Å². The summed E-state index contributed by atoms with van der Waals surface area (Å²) in [4.78, 5) is 23.6. The van der Waals surface area contributed by atoms with Crippen LogP contribution in [0.5, 0.6) is 0 Å². The van der Waals surface area contributed by atoms with Gasteiger partial charge in [-0.2, -0.15) is 0 Å². The third kappa shape index (κ3) is 1.64. The second-order valence-electron chi connectivity index (χ2n) is 2.94. The fourth-order valence-corrected chi connectivity index (χ4v) is 1.56. The van der Waals surface area contributed by atoms with Gasteiger partial charge >= 0.3 is 5.97 Å². The Morgan fingerprint density at radius 2 is 2.42 bits per heavy atom. The number of likely N-dealkylation sites (tertiary alicyclic amines) is 1. The third-order valence-electron chi connectivity index (χ3n) is 2.18. The molecule has 4 nitrogen and oxygen atoms in total. The molecule has 1 heterocycles. The minimum Gasteiger partial charge on any atom is -0.480 e. The summed E-state index contributed by atoms with van der Waals surface area (Å²) in [6, 6.07) is -0.885. The van der Waals surface area contributed by atoms with E-state index in [2.05, 4.69) is 0 Å². The zero-order chi connectivity index (χ0) is 9.14. The van der Waals surface area contributed by atoms with Crippen molar-refractivity contribution < 1.29 is 14.7 Å². The standard InChI is InChI=1S/C8H13NO3/c1-2-9-5-3-4-6(10)7(9)8(11)12/h7H,2-5H2,1H3,(H,11,12). The molecule has 68 valence electrons. The fraction of sp³-hybridized carbons (Fsp3) is 0.750. The van der Waals surface area contributed by atoms with E-state index < -0.39 is 12.0 Å². The number of hydrogen-bond acceptors (Lipinski definition) is 3. The van der Waals surface area contributed by atoms with E-state index in [1.165, 1.54) is 0 Å². The molecule has 1 fully saturated rings. The highest BCUT2D eigenvalue weighted by Crippen LogP contribution is 2.13. The normalized spacial score (nSPS) is 25.8. The molecule has 1 atom stereocenters. The van der Waals surface area contributed by atoms with Crippen LogP contribution in [0, 0.1) is 0 Å². The Morgan fingerprint density at radius 3 is 2.83 bits per heavy atom. The number of Topliss-reactive ketones (excluding diaryl/α,β-unsaturated/α-hetero) is 1. The molecule has 0 aromatic rings. The minimum atomic E-state index is -1.01. The largest absolute Gasteiger partial charge is 0.480 e. The van der Waals surface area contributed by atoms with Gasteiger partial charge in [0.2, 0.25) is 0 Å². The van der Waals surface area contributed by atoms with Gasteiger partial charge < -0.3 is 5.11 Å². The number of piperidine rings is 1. The van der Waals surface area contributed by atoms with E-state index in [4.69, 9.17) is 5.11 Å². The van der Waals surface area contributed by atoms with Crippen molar-refractivity contribution in [2.75, 3.05) is 13.1 Å². The van der Waals surface area contributed by atoms with Crippen LogP contribution in [-0.4, -0.2) is 40.9 Å². The second-order valence-corrected chi connectivity index (χ2v) is 2.94. The minimum absolute atomic E-state index is 0.157. The predicted octanol–water partition coefficient (Wildman–Crippen LogP) is 0.124. The van der Waals surface area contributed by atoms with Crippen LogP contribution in [0.4, 0.5) is 0 Å². The molecule has 0 spiro atoms. The highest BCUT2D eigenvalue weighted by Gasteiger charge is 2.34. The van der Waals surface area contributed by atoms with Crippen LogP contribution < -0.4 is 0 Å². The van der Waals surface area contributed by atoms with E-state index in [0.717, 1.165) is 13.0 Å². The zero-order valence-corrected chi connectivity index (χ0v) is 7.12. The van der Waals surface area contributed by atoms with Crippen LogP contribution in [-0.2, 0) is 9.59 Å². The van der Waals surface area contributed by atoms with Gasteiger partial charge in [0.15, 0.2) is 11.8 Å². The number of carboxylic acids is 1. The van der Waals surface area contributed by atoms with E-state index >= 15 is 0 Å². The number of carbonyl (C=O) groups is 2. The van der Waals surface area contributed by atoms with E-state index in [1.807, 2.05) is 6.92 Å². The predicted molar refractivity (Wildman–Crippen MR) is 42.9 cm³/mol. The second kappa shape index (κ2) is 3.67. The van der Waals surface area contributed by atoms with Crippen molar-refractivity contribution in [2.24, 2.45) is 0 Å². The number of hydrogen-bond donors (Lipinski definition) is 1. The monoisotopic (exact) mass is 171 g/mol. The molecule has 0 saturated carbocycles. The SMILES string of the molecule is CCN1CCCC(=O)C1C(=O)O. The molecule has 1 rings (SSSR count). The summed E-state index contributed by atoms with van der Waals surface area (Å²) in [5.41, 5.74) is 0. The number of ketones is 1. The molecular formula is C8H13NO3. The highest BCUT2D eigenvalue weighted by molar-refractivity contribution is 6.02. The zero-order valence-electron chi connectivity index (χ0n) is 7.12. The number of carbonyl (C=O) groups excluding carboxylic acids is 1. The Bertz CT molecular complexity index is 202. The van der Waals surface area contributed by atoms with Gasteiger partial charge in [-0.25, -0.2) is 0 Å². The van der Waals surface area contributed by atoms with Crippen LogP contribution in [0.25, 0.3) is 0 Å². The van der Waals surface area contributed by atoms with Gasteiger partial charge in [0.25, 0.3) is 0 Å². The molecule has 0 aromatic carbocycles. The Labute approximate surface area is 71.2 Å². The van der Waals surface area contributed by atoms with Crippen molar-refractivity contribution >= 4 is 11.8 Å². The van der Waals surface area contributed by atoms with Gasteiger partial charge in [-0.3, -0.25) is 14.5 Å². The van der Waals surface area contributed by atoms with Crippen molar-refractivity contribution in [3.63, 3.8) is 0 Å². The summed E-state index contributed by atoms with van der Waals surface area (Å²) in [6.07, 6.45) is 1.20. The third-order valence-corrected chi connectivity index (χ3v) is 2.18. The number of aliphatic carboxylic acids is 1. The lowest BCUT2D eigenvalue weighted by Gasteiger charge is -2.30. The first-order chi connectivity index (χ1) is 5.66. The van der Waals surface area contributed by atoms with Crippen molar-refractivity contribution in [1.29, 1.82) is 0 Å². The van der Waals surface area contributed by atoms with Crippen molar-refractivity contribution in [2.45, 2.75) is 25.8 Å². The first-order valence-electron chi connectivity index (χ1n) is 4.16. The first kappa shape index (κ1) is 9.19. The van der Waals surface area contributed by atoms with Crippen LogP contribution in [0.15, 0.2) is 0 Å². The molecule has 0 aliphatic carbocycles. The maximum Gasteiger partial charge on any atom is 0.328 e. The summed E-state index contributed by atoms with van der Waals surface area (Å²) in [6.45, 7) is 3.22. The van der Waals surface area contributed by atoms with Crippen LogP contribution in [0.3, 0.4) is 0 Å². The fourth-order valence-electron chi connectivity index (χ4n) is 1.56. The molecule has 0 amide bonds. The number of nitrogens with zero attached hydrogens (tertiary/aromatic N) is 1. The molecule has 0 radical (unpaired) electrons. The van der Waals surface area contributed by atoms with E-state index in [1.54, 1.807) is 4.90 Å². The maximum absolute atomic E-state index is 11.2. The summed E-state index contributed by atoms with van der Waals surface area (Å²) in [5, 5.41) is 8.75. The van der Waals surface area contributed by atoms with Gasteiger partial charge in [-0.1, -0.05) is 6.92 Å². The molecule has 1 saturated heterocycles. The Hall–Kier alpha value is -0.900. The van der Waals surface area contributed by atoms with Crippen LogP contribution >= 0.6 is 0 Å². The number of carboxylic acid groups (broad SMARTS) is 1. The van der Waals surface area contributed by atoms with Gasteiger partial charge in [0, 0.05) is 6.42 Å². The van der Waals surface area contributed by atoms with Crippen LogP contribution in [0.2, 0.25) is 0 Å². The topological polar surface area (TPSA) is 57.6 Å². The molecule has 1 aliphatic heterocycles. The maximum atomic E-state index is 11.2. The van der Waals surface area contributed by atoms with E-state index in [-0.39, 0.29) is 5.78 Å². The number of rotatable bonds is 2. The summed E-state index contributed by atoms with van der Waals surface area (Å²) < 4.78 is 0. The smallest absolute Gasteiger partial charge is 0.328 e.